The van der Waals surface area contributed by atoms with Gasteiger partial charge in [-0.25, -0.2) is 4.39 Å². The van der Waals surface area contributed by atoms with E-state index in [1.165, 1.54) is 12.1 Å². The first kappa shape index (κ1) is 16.9. The molecule has 0 spiro atoms. The Morgan fingerprint density at radius 3 is 2.38 bits per heavy atom. The third-order valence-electron chi connectivity index (χ3n) is 5.57. The third-order valence-corrected chi connectivity index (χ3v) is 5.57. The number of hydrogen-bond donors (Lipinski definition) is 1. The summed E-state index contributed by atoms with van der Waals surface area (Å²) in [6, 6.07) is 6.26. The SMILES string of the molecule is O=C(O)[C@H]1CCCN(C(=O)C2(c3ccc(F)cc3)CCCCC2)C1. The summed E-state index contributed by atoms with van der Waals surface area (Å²) in [7, 11) is 0. The molecule has 0 bridgehead atoms. The van der Waals surface area contributed by atoms with Crippen molar-refractivity contribution in [1.82, 2.24) is 4.90 Å². The number of amides is 1. The number of carbonyl (C=O) groups excluding carboxylic acids is 1. The van der Waals surface area contributed by atoms with Crippen molar-refractivity contribution >= 4 is 11.9 Å². The number of carboxylic acid groups (broad SMARTS) is 1. The molecule has 1 aromatic rings. The fourth-order valence-electron chi connectivity index (χ4n) is 4.22. The molecule has 2 fully saturated rings. The molecule has 1 heterocycles. The van der Waals surface area contributed by atoms with Crippen molar-refractivity contribution in [2.24, 2.45) is 5.92 Å². The minimum absolute atomic E-state index is 0.0276. The largest absolute Gasteiger partial charge is 0.481 e. The highest BCUT2D eigenvalue weighted by atomic mass is 19.1. The topological polar surface area (TPSA) is 57.6 Å². The van der Waals surface area contributed by atoms with E-state index in [-0.39, 0.29) is 18.3 Å². The molecule has 0 aromatic heterocycles. The lowest BCUT2D eigenvalue weighted by Crippen LogP contribution is -2.52. The van der Waals surface area contributed by atoms with Crippen LogP contribution in [-0.2, 0) is 15.0 Å². The van der Waals surface area contributed by atoms with Crippen LogP contribution in [0.5, 0.6) is 0 Å². The van der Waals surface area contributed by atoms with Crippen molar-refractivity contribution < 1.29 is 19.1 Å². The maximum Gasteiger partial charge on any atom is 0.308 e. The number of likely N-dealkylation sites (tertiary alicyclic amines) is 1. The van der Waals surface area contributed by atoms with Gasteiger partial charge in [-0.1, -0.05) is 31.4 Å². The first-order chi connectivity index (χ1) is 11.5. The highest BCUT2D eigenvalue weighted by Gasteiger charge is 2.44. The standard InChI is InChI=1S/C19H24FNO3/c20-16-8-6-15(7-9-16)19(10-2-1-3-11-19)18(24)21-12-4-5-14(13-21)17(22)23/h6-9,14H,1-5,10-13H2,(H,22,23)/t14-/m0/s1. The molecule has 130 valence electrons. The number of aliphatic carboxylic acids is 1. The molecule has 1 saturated heterocycles. The van der Waals surface area contributed by atoms with Gasteiger partial charge >= 0.3 is 5.97 Å². The van der Waals surface area contributed by atoms with Gasteiger partial charge < -0.3 is 10.0 Å². The molecule has 1 atom stereocenters. The lowest BCUT2D eigenvalue weighted by atomic mass is 9.68. The van der Waals surface area contributed by atoms with Crippen LogP contribution in [0.2, 0.25) is 0 Å². The molecule has 0 unspecified atom stereocenters. The van der Waals surface area contributed by atoms with Crippen LogP contribution in [0.25, 0.3) is 0 Å². The Morgan fingerprint density at radius 2 is 1.75 bits per heavy atom. The average molecular weight is 333 g/mol. The van der Waals surface area contributed by atoms with Gasteiger partial charge in [-0.15, -0.1) is 0 Å². The van der Waals surface area contributed by atoms with E-state index in [0.717, 1.165) is 44.1 Å². The maximum absolute atomic E-state index is 13.4. The van der Waals surface area contributed by atoms with Crippen LogP contribution in [0.3, 0.4) is 0 Å². The minimum Gasteiger partial charge on any atom is -0.481 e. The molecule has 1 amide bonds. The zero-order valence-electron chi connectivity index (χ0n) is 13.8. The van der Waals surface area contributed by atoms with Crippen LogP contribution < -0.4 is 0 Å². The second kappa shape index (κ2) is 6.91. The normalized spacial score (nSPS) is 23.7. The monoisotopic (exact) mass is 333 g/mol. The summed E-state index contributed by atoms with van der Waals surface area (Å²) in [5, 5.41) is 9.28. The molecular formula is C19H24FNO3. The molecule has 1 aliphatic carbocycles. The summed E-state index contributed by atoms with van der Waals surface area (Å²) >= 11 is 0. The van der Waals surface area contributed by atoms with Gasteiger partial charge in [-0.2, -0.15) is 0 Å². The molecule has 5 heteroatoms. The second-order valence-corrected chi connectivity index (χ2v) is 7.08. The van der Waals surface area contributed by atoms with Gasteiger partial charge in [-0.05, 0) is 43.4 Å². The van der Waals surface area contributed by atoms with Crippen molar-refractivity contribution in [2.45, 2.75) is 50.4 Å². The van der Waals surface area contributed by atoms with E-state index < -0.39 is 17.3 Å². The summed E-state index contributed by atoms with van der Waals surface area (Å²) < 4.78 is 13.3. The lowest BCUT2D eigenvalue weighted by Gasteiger charge is -2.42. The lowest BCUT2D eigenvalue weighted by molar-refractivity contribution is -0.148. The van der Waals surface area contributed by atoms with E-state index in [4.69, 9.17) is 0 Å². The first-order valence-corrected chi connectivity index (χ1v) is 8.81. The number of carboxylic acids is 1. The van der Waals surface area contributed by atoms with Crippen LogP contribution in [-0.4, -0.2) is 35.0 Å². The van der Waals surface area contributed by atoms with Gasteiger partial charge in [-0.3, -0.25) is 9.59 Å². The molecule has 3 rings (SSSR count). The Labute approximate surface area is 141 Å². The van der Waals surface area contributed by atoms with Crippen LogP contribution >= 0.6 is 0 Å². The number of halogens is 1. The molecular weight excluding hydrogens is 309 g/mol. The smallest absolute Gasteiger partial charge is 0.308 e. The third kappa shape index (κ3) is 3.17. The number of carbonyl (C=O) groups is 2. The summed E-state index contributed by atoms with van der Waals surface area (Å²) in [5.74, 6) is -1.58. The maximum atomic E-state index is 13.4. The Balaban J connectivity index is 1.89. The fraction of sp³-hybridized carbons (Fsp3) is 0.579. The number of hydrogen-bond acceptors (Lipinski definition) is 2. The number of piperidine rings is 1. The molecule has 24 heavy (non-hydrogen) atoms. The quantitative estimate of drug-likeness (QED) is 0.923. The predicted octanol–water partition coefficient (Wildman–Crippen LogP) is 3.35. The fourth-order valence-corrected chi connectivity index (χ4v) is 4.22. The van der Waals surface area contributed by atoms with Crippen molar-refractivity contribution in [1.29, 1.82) is 0 Å². The summed E-state index contributed by atoms with van der Waals surface area (Å²) in [4.78, 5) is 26.4. The second-order valence-electron chi connectivity index (χ2n) is 7.08. The first-order valence-electron chi connectivity index (χ1n) is 8.81. The van der Waals surface area contributed by atoms with Gasteiger partial charge in [0.2, 0.25) is 5.91 Å². The Kier molecular flexibility index (Phi) is 4.88. The van der Waals surface area contributed by atoms with Crippen molar-refractivity contribution in [3.05, 3.63) is 35.6 Å². The molecule has 1 aliphatic heterocycles. The van der Waals surface area contributed by atoms with Crippen molar-refractivity contribution in [3.63, 3.8) is 0 Å². The van der Waals surface area contributed by atoms with Gasteiger partial charge in [0.25, 0.3) is 0 Å². The molecule has 2 aliphatic rings. The minimum atomic E-state index is -0.827. The van der Waals surface area contributed by atoms with Gasteiger partial charge in [0.1, 0.15) is 5.82 Å². The van der Waals surface area contributed by atoms with E-state index in [1.807, 2.05) is 0 Å². The number of nitrogens with zero attached hydrogens (tertiary/aromatic N) is 1. The number of rotatable bonds is 3. The van der Waals surface area contributed by atoms with E-state index in [9.17, 15) is 19.1 Å². The predicted molar refractivity (Wildman–Crippen MR) is 88.1 cm³/mol. The summed E-state index contributed by atoms with van der Waals surface area (Å²) in [6.07, 6.45) is 5.91. The zero-order chi connectivity index (χ0) is 17.2. The highest BCUT2D eigenvalue weighted by molar-refractivity contribution is 5.89. The Bertz CT molecular complexity index is 608. The van der Waals surface area contributed by atoms with Crippen LogP contribution in [0.15, 0.2) is 24.3 Å². The Morgan fingerprint density at radius 1 is 1.08 bits per heavy atom. The van der Waals surface area contributed by atoms with Crippen molar-refractivity contribution in [2.75, 3.05) is 13.1 Å². The molecule has 1 N–H and O–H groups in total. The molecule has 1 saturated carbocycles. The summed E-state index contributed by atoms with van der Waals surface area (Å²) in [6.45, 7) is 0.905. The van der Waals surface area contributed by atoms with Gasteiger partial charge in [0.05, 0.1) is 11.3 Å². The zero-order valence-corrected chi connectivity index (χ0v) is 13.8. The molecule has 0 radical (unpaired) electrons. The van der Waals surface area contributed by atoms with Gasteiger partial charge in [0, 0.05) is 13.1 Å². The molecule has 4 nitrogen and oxygen atoms in total. The Hall–Kier alpha value is -1.91. The van der Waals surface area contributed by atoms with E-state index in [1.54, 1.807) is 17.0 Å². The van der Waals surface area contributed by atoms with Crippen LogP contribution in [0.4, 0.5) is 4.39 Å². The van der Waals surface area contributed by atoms with Crippen molar-refractivity contribution in [3.8, 4) is 0 Å². The van der Waals surface area contributed by atoms with E-state index in [2.05, 4.69) is 0 Å². The highest BCUT2D eigenvalue weighted by Crippen LogP contribution is 2.41. The van der Waals surface area contributed by atoms with E-state index >= 15 is 0 Å². The molecule has 1 aromatic carbocycles. The average Bonchev–Trinajstić information content (AvgIpc) is 2.62. The summed E-state index contributed by atoms with van der Waals surface area (Å²) in [5.41, 5.74) is 0.248. The van der Waals surface area contributed by atoms with E-state index in [0.29, 0.717) is 13.0 Å². The van der Waals surface area contributed by atoms with Crippen LogP contribution in [0, 0.1) is 11.7 Å². The van der Waals surface area contributed by atoms with Crippen LogP contribution in [0.1, 0.15) is 50.5 Å². The van der Waals surface area contributed by atoms with Gasteiger partial charge in [0.15, 0.2) is 0 Å². The number of benzene rings is 1.